The maximum absolute atomic E-state index is 2.63. The summed E-state index contributed by atoms with van der Waals surface area (Å²) in [6.45, 7) is 11.1. The van der Waals surface area contributed by atoms with Gasteiger partial charge >= 0.3 is 0 Å². The van der Waals surface area contributed by atoms with Gasteiger partial charge in [-0.3, -0.25) is 0 Å². The van der Waals surface area contributed by atoms with E-state index in [-0.39, 0.29) is 0 Å². The Kier molecular flexibility index (Phi) is 5.49. The molecular weight excluding hydrogens is 186 g/mol. The minimum absolute atomic E-state index is 0.477. The zero-order valence-corrected chi connectivity index (χ0v) is 11.2. The van der Waals surface area contributed by atoms with E-state index in [1.807, 2.05) is 0 Å². The van der Waals surface area contributed by atoms with Crippen molar-refractivity contribution in [1.82, 2.24) is 4.90 Å². The van der Waals surface area contributed by atoms with Gasteiger partial charge < -0.3 is 4.90 Å². The second-order valence-electron chi connectivity index (χ2n) is 4.77. The van der Waals surface area contributed by atoms with Crippen LogP contribution in [0.5, 0.6) is 0 Å². The van der Waals surface area contributed by atoms with E-state index in [9.17, 15) is 0 Å². The molecule has 1 nitrogen and oxygen atoms in total. The first-order valence-corrected chi connectivity index (χ1v) is 9.07. The van der Waals surface area contributed by atoms with E-state index in [1.165, 1.54) is 38.9 Å². The lowest BCUT2D eigenvalue weighted by Gasteiger charge is -2.20. The Morgan fingerprint density at radius 2 is 1.93 bits per heavy atom. The lowest BCUT2D eigenvalue weighted by Crippen LogP contribution is -2.23. The third-order valence-electron chi connectivity index (χ3n) is 3.27. The molecule has 0 radical (unpaired) electrons. The summed E-state index contributed by atoms with van der Waals surface area (Å²) in [5.41, 5.74) is 0.917. The average Bonchev–Trinajstić information content (AvgIpc) is 2.64. The second kappa shape index (κ2) is 6.41. The highest BCUT2D eigenvalue weighted by Crippen LogP contribution is 2.19. The monoisotopic (exact) mass is 211 g/mol. The first-order valence-electron chi connectivity index (χ1n) is 6.09. The zero-order chi connectivity index (χ0) is 10.4. The summed E-state index contributed by atoms with van der Waals surface area (Å²) >= 11 is 0. The van der Waals surface area contributed by atoms with E-state index in [1.54, 1.807) is 0 Å². The number of likely N-dealkylation sites (tertiary alicyclic amines) is 1. The highest BCUT2D eigenvalue weighted by atomic mass is 28.3. The van der Waals surface area contributed by atoms with Gasteiger partial charge in [0.05, 0.1) is 0 Å². The molecule has 1 saturated heterocycles. The quantitative estimate of drug-likeness (QED) is 0.499. The number of allylic oxidation sites excluding steroid dienone is 2. The molecule has 1 aliphatic rings. The largest absolute Gasteiger partial charge is 0.303 e. The Labute approximate surface area is 90.8 Å². The summed E-state index contributed by atoms with van der Waals surface area (Å²) in [5.74, 6) is 0. The van der Waals surface area contributed by atoms with Crippen LogP contribution >= 0.6 is 0 Å². The predicted octanol–water partition coefficient (Wildman–Crippen LogP) is 2.91. The zero-order valence-electron chi connectivity index (χ0n) is 10.00. The molecule has 0 aromatic rings. The van der Waals surface area contributed by atoms with E-state index in [0.717, 1.165) is 5.54 Å². The molecule has 1 fully saturated rings. The maximum atomic E-state index is 2.63. The lowest BCUT2D eigenvalue weighted by atomic mass is 10.2. The van der Waals surface area contributed by atoms with Crippen molar-refractivity contribution < 1.29 is 0 Å². The SMILES string of the molecule is CC=CC(CCN1CCCC1)[SiH](C)C. The molecule has 0 saturated carbocycles. The molecule has 0 aromatic heterocycles. The molecule has 1 atom stereocenters. The fourth-order valence-corrected chi connectivity index (χ4v) is 3.72. The van der Waals surface area contributed by atoms with Crippen LogP contribution in [0.4, 0.5) is 0 Å². The molecule has 0 aliphatic carbocycles. The fourth-order valence-electron chi connectivity index (χ4n) is 2.24. The molecule has 0 bridgehead atoms. The number of nitrogens with zero attached hydrogens (tertiary/aromatic N) is 1. The Morgan fingerprint density at radius 3 is 2.43 bits per heavy atom. The molecule has 0 spiro atoms. The van der Waals surface area contributed by atoms with Gasteiger partial charge in [0, 0.05) is 8.80 Å². The van der Waals surface area contributed by atoms with Crippen molar-refractivity contribution in [3.05, 3.63) is 12.2 Å². The van der Waals surface area contributed by atoms with Gasteiger partial charge in [-0.2, -0.15) is 0 Å². The average molecular weight is 211 g/mol. The van der Waals surface area contributed by atoms with Crippen LogP contribution in [0.1, 0.15) is 26.2 Å². The van der Waals surface area contributed by atoms with Gasteiger partial charge in [-0.15, -0.1) is 0 Å². The molecule has 0 aromatic carbocycles. The topological polar surface area (TPSA) is 3.24 Å². The van der Waals surface area contributed by atoms with Crippen LogP contribution in [0.2, 0.25) is 18.6 Å². The summed E-state index contributed by atoms with van der Waals surface area (Å²) in [6, 6.07) is 0. The molecule has 0 amide bonds. The standard InChI is InChI=1S/C12H25NSi/c1-4-7-12(14(2)3)8-11-13-9-5-6-10-13/h4,7,12,14H,5-6,8-11H2,1-3H3. The first kappa shape index (κ1) is 12.0. The van der Waals surface area contributed by atoms with E-state index in [4.69, 9.17) is 0 Å². The number of rotatable bonds is 5. The van der Waals surface area contributed by atoms with Gasteiger partial charge in [-0.1, -0.05) is 25.2 Å². The Bertz CT molecular complexity index is 171. The minimum atomic E-state index is -0.477. The molecule has 0 N–H and O–H groups in total. The first-order chi connectivity index (χ1) is 6.74. The van der Waals surface area contributed by atoms with Crippen LogP contribution in [-0.2, 0) is 0 Å². The molecular formula is C12H25NSi. The lowest BCUT2D eigenvalue weighted by molar-refractivity contribution is 0.334. The maximum Gasteiger partial charge on any atom is 0.0380 e. The summed E-state index contributed by atoms with van der Waals surface area (Å²) in [5, 5.41) is 0. The van der Waals surface area contributed by atoms with Gasteiger partial charge in [-0.25, -0.2) is 0 Å². The second-order valence-corrected chi connectivity index (χ2v) is 8.12. The molecule has 1 heterocycles. The third kappa shape index (κ3) is 3.97. The number of hydrogen-bond acceptors (Lipinski definition) is 1. The van der Waals surface area contributed by atoms with Gasteiger partial charge in [0.25, 0.3) is 0 Å². The molecule has 1 rings (SSSR count). The summed E-state index contributed by atoms with van der Waals surface area (Å²) in [6.07, 6.45) is 8.92. The van der Waals surface area contributed by atoms with Crippen LogP contribution in [0.3, 0.4) is 0 Å². The fraction of sp³-hybridized carbons (Fsp3) is 0.833. The van der Waals surface area contributed by atoms with Crippen LogP contribution in [0.15, 0.2) is 12.2 Å². The highest BCUT2D eigenvalue weighted by molar-refractivity contribution is 6.58. The van der Waals surface area contributed by atoms with E-state index in [2.05, 4.69) is 37.1 Å². The van der Waals surface area contributed by atoms with Crippen LogP contribution in [0, 0.1) is 0 Å². The Hall–Kier alpha value is -0.0831. The minimum Gasteiger partial charge on any atom is -0.303 e. The molecule has 82 valence electrons. The number of hydrogen-bond donors (Lipinski definition) is 0. The molecule has 14 heavy (non-hydrogen) atoms. The van der Waals surface area contributed by atoms with Crippen molar-refractivity contribution in [2.45, 2.75) is 44.8 Å². The molecule has 2 heteroatoms. The van der Waals surface area contributed by atoms with E-state index in [0.29, 0.717) is 0 Å². The van der Waals surface area contributed by atoms with E-state index >= 15 is 0 Å². The van der Waals surface area contributed by atoms with Gasteiger partial charge in [0.2, 0.25) is 0 Å². The van der Waals surface area contributed by atoms with Crippen LogP contribution in [-0.4, -0.2) is 33.3 Å². The van der Waals surface area contributed by atoms with E-state index < -0.39 is 8.80 Å². The Balaban J connectivity index is 2.24. The third-order valence-corrected chi connectivity index (χ3v) is 5.54. The van der Waals surface area contributed by atoms with Gasteiger partial charge in [0.15, 0.2) is 0 Å². The van der Waals surface area contributed by atoms with Crippen LogP contribution < -0.4 is 0 Å². The predicted molar refractivity (Wildman–Crippen MR) is 67.7 cm³/mol. The normalized spacial score (nSPS) is 21.1. The molecule has 1 aliphatic heterocycles. The van der Waals surface area contributed by atoms with Crippen molar-refractivity contribution >= 4 is 8.80 Å². The smallest absolute Gasteiger partial charge is 0.0380 e. The van der Waals surface area contributed by atoms with Crippen molar-refractivity contribution in [3.8, 4) is 0 Å². The van der Waals surface area contributed by atoms with Crippen molar-refractivity contribution in [1.29, 1.82) is 0 Å². The Morgan fingerprint density at radius 1 is 1.29 bits per heavy atom. The summed E-state index contributed by atoms with van der Waals surface area (Å²) in [7, 11) is -0.477. The van der Waals surface area contributed by atoms with Crippen LogP contribution in [0.25, 0.3) is 0 Å². The highest BCUT2D eigenvalue weighted by Gasteiger charge is 2.15. The molecule has 1 unspecified atom stereocenters. The van der Waals surface area contributed by atoms with Crippen molar-refractivity contribution in [3.63, 3.8) is 0 Å². The van der Waals surface area contributed by atoms with Gasteiger partial charge in [-0.05, 0) is 51.4 Å². The van der Waals surface area contributed by atoms with Crippen molar-refractivity contribution in [2.24, 2.45) is 0 Å². The summed E-state index contributed by atoms with van der Waals surface area (Å²) in [4.78, 5) is 2.63. The van der Waals surface area contributed by atoms with Gasteiger partial charge in [0.1, 0.15) is 0 Å². The van der Waals surface area contributed by atoms with Crippen molar-refractivity contribution in [2.75, 3.05) is 19.6 Å². The summed E-state index contributed by atoms with van der Waals surface area (Å²) < 4.78 is 0.